The molecule has 4 N–H and O–H groups in total. The second-order valence-electron chi connectivity index (χ2n) is 3.81. The highest BCUT2D eigenvalue weighted by Gasteiger charge is 2.11. The molecule has 5 nitrogen and oxygen atoms in total. The summed E-state index contributed by atoms with van der Waals surface area (Å²) >= 11 is 0. The Balaban J connectivity index is 2.65. The number of aryl methyl sites for hydroxylation is 1. The average molecular weight is 243 g/mol. The first-order chi connectivity index (χ1) is 7.30. The third-order valence-corrected chi connectivity index (χ3v) is 3.42. The van der Waals surface area contributed by atoms with Crippen molar-refractivity contribution in [2.45, 2.75) is 13.3 Å². The van der Waals surface area contributed by atoms with Crippen molar-refractivity contribution < 1.29 is 8.42 Å². The largest absolute Gasteiger partial charge is 0.399 e. The van der Waals surface area contributed by atoms with Crippen LogP contribution in [0, 0.1) is 6.92 Å². The van der Waals surface area contributed by atoms with Crippen molar-refractivity contribution in [1.82, 2.24) is 4.41 Å². The first kappa shape index (κ1) is 13.0. The molecule has 0 unspecified atom stereocenters. The van der Waals surface area contributed by atoms with Gasteiger partial charge in [0.05, 0.1) is 6.26 Å². The van der Waals surface area contributed by atoms with Gasteiger partial charge in [-0.15, -0.1) is 4.41 Å². The number of hydrogen-bond acceptors (Lipinski definition) is 4. The fourth-order valence-electron chi connectivity index (χ4n) is 1.30. The molecule has 0 aliphatic heterocycles. The summed E-state index contributed by atoms with van der Waals surface area (Å²) in [5, 5.41) is 0. The molecule has 0 atom stereocenters. The normalized spacial score (nSPS) is 12.0. The van der Waals surface area contributed by atoms with E-state index in [1.165, 1.54) is 0 Å². The number of benzene rings is 1. The van der Waals surface area contributed by atoms with Crippen LogP contribution in [0.25, 0.3) is 0 Å². The summed E-state index contributed by atoms with van der Waals surface area (Å²) in [6.45, 7) is 2.18. The van der Waals surface area contributed by atoms with E-state index >= 15 is 0 Å². The average Bonchev–Trinajstić information content (AvgIpc) is 2.18. The van der Waals surface area contributed by atoms with Gasteiger partial charge in [0.15, 0.2) is 0 Å². The van der Waals surface area contributed by atoms with Gasteiger partial charge in [0.1, 0.15) is 0 Å². The quantitative estimate of drug-likeness (QED) is 0.451. The molecule has 1 aromatic carbocycles. The number of hydrogen-bond donors (Lipinski definition) is 2. The summed E-state index contributed by atoms with van der Waals surface area (Å²) in [6, 6.07) is 5.62. The van der Waals surface area contributed by atoms with Gasteiger partial charge in [-0.1, -0.05) is 12.1 Å². The lowest BCUT2D eigenvalue weighted by Gasteiger charge is -2.13. The highest BCUT2D eigenvalue weighted by Crippen LogP contribution is 2.13. The van der Waals surface area contributed by atoms with Crippen molar-refractivity contribution in [3.63, 3.8) is 0 Å². The van der Waals surface area contributed by atoms with Gasteiger partial charge < -0.3 is 5.73 Å². The van der Waals surface area contributed by atoms with Crippen LogP contribution in [0.5, 0.6) is 0 Å². The van der Waals surface area contributed by atoms with Crippen LogP contribution in [-0.2, 0) is 16.4 Å². The summed E-state index contributed by atoms with van der Waals surface area (Å²) in [6.07, 6.45) is 1.66. The molecule has 0 aliphatic carbocycles. The lowest BCUT2D eigenvalue weighted by atomic mass is 10.1. The van der Waals surface area contributed by atoms with E-state index in [-0.39, 0.29) is 6.54 Å². The van der Waals surface area contributed by atoms with E-state index in [2.05, 4.69) is 0 Å². The van der Waals surface area contributed by atoms with Crippen LogP contribution in [0.1, 0.15) is 11.1 Å². The molecule has 16 heavy (non-hydrogen) atoms. The van der Waals surface area contributed by atoms with Crippen molar-refractivity contribution >= 4 is 15.7 Å². The fourth-order valence-corrected chi connectivity index (χ4v) is 1.72. The molecule has 0 spiro atoms. The van der Waals surface area contributed by atoms with Gasteiger partial charge >= 0.3 is 0 Å². The molecular weight excluding hydrogens is 226 g/mol. The zero-order chi connectivity index (χ0) is 12.3. The van der Waals surface area contributed by atoms with E-state index < -0.39 is 10.0 Å². The molecule has 0 radical (unpaired) electrons. The molecule has 0 saturated carbocycles. The Hall–Kier alpha value is -1.11. The predicted octanol–water partition coefficient (Wildman–Crippen LogP) is 0.255. The molecule has 0 bridgehead atoms. The first-order valence-corrected chi connectivity index (χ1v) is 6.73. The van der Waals surface area contributed by atoms with Crippen LogP contribution in [0.3, 0.4) is 0 Å². The number of sulfonamides is 1. The first-order valence-electron chi connectivity index (χ1n) is 4.88. The minimum atomic E-state index is -3.30. The number of nitrogen functional groups attached to an aromatic ring is 1. The molecule has 1 rings (SSSR count). The summed E-state index contributed by atoms with van der Waals surface area (Å²) in [5.74, 6) is 5.39. The van der Waals surface area contributed by atoms with E-state index in [4.69, 9.17) is 11.6 Å². The van der Waals surface area contributed by atoms with Crippen LogP contribution >= 0.6 is 0 Å². The van der Waals surface area contributed by atoms with Crippen LogP contribution in [-0.4, -0.2) is 25.6 Å². The number of nitrogens with zero attached hydrogens (tertiary/aromatic N) is 1. The smallest absolute Gasteiger partial charge is 0.223 e. The molecule has 0 aliphatic rings. The SMILES string of the molecule is Cc1cc(CCN(N)S(C)(=O)=O)ccc1N. The predicted molar refractivity (Wildman–Crippen MR) is 65.0 cm³/mol. The van der Waals surface area contributed by atoms with Gasteiger partial charge in [-0.05, 0) is 30.5 Å². The summed E-state index contributed by atoms with van der Waals surface area (Å²) in [5.41, 5.74) is 8.42. The minimum Gasteiger partial charge on any atom is -0.399 e. The van der Waals surface area contributed by atoms with E-state index in [1.54, 1.807) is 0 Å². The van der Waals surface area contributed by atoms with E-state index in [0.717, 1.165) is 27.5 Å². The number of anilines is 1. The van der Waals surface area contributed by atoms with Crippen LogP contribution in [0.4, 0.5) is 5.69 Å². The Labute approximate surface area is 96.1 Å². The third kappa shape index (κ3) is 3.48. The molecule has 0 aromatic heterocycles. The highest BCUT2D eigenvalue weighted by molar-refractivity contribution is 7.88. The Bertz CT molecular complexity index is 471. The zero-order valence-corrected chi connectivity index (χ0v) is 10.3. The molecule has 0 heterocycles. The number of nitrogens with two attached hydrogens (primary N) is 2. The van der Waals surface area contributed by atoms with Crippen molar-refractivity contribution in [1.29, 1.82) is 0 Å². The molecule has 6 heteroatoms. The molecule has 0 amide bonds. The lowest BCUT2D eigenvalue weighted by molar-refractivity contribution is 0.434. The zero-order valence-electron chi connectivity index (χ0n) is 9.47. The van der Waals surface area contributed by atoms with Crippen molar-refractivity contribution in [2.24, 2.45) is 5.84 Å². The number of hydrazine groups is 1. The Morgan fingerprint density at radius 2 is 2.00 bits per heavy atom. The van der Waals surface area contributed by atoms with Gasteiger partial charge in [0.25, 0.3) is 0 Å². The molecular formula is C10H17N3O2S. The lowest BCUT2D eigenvalue weighted by Crippen LogP contribution is -2.38. The van der Waals surface area contributed by atoms with Gasteiger partial charge in [0.2, 0.25) is 10.0 Å². The van der Waals surface area contributed by atoms with Gasteiger partial charge in [0, 0.05) is 12.2 Å². The molecule has 1 aromatic rings. The van der Waals surface area contributed by atoms with Crippen molar-refractivity contribution in [3.8, 4) is 0 Å². The fraction of sp³-hybridized carbons (Fsp3) is 0.400. The van der Waals surface area contributed by atoms with E-state index in [0.29, 0.717) is 6.42 Å². The Morgan fingerprint density at radius 3 is 2.50 bits per heavy atom. The summed E-state index contributed by atoms with van der Waals surface area (Å²) < 4.78 is 23.0. The summed E-state index contributed by atoms with van der Waals surface area (Å²) in [7, 11) is -3.30. The van der Waals surface area contributed by atoms with Crippen molar-refractivity contribution in [2.75, 3.05) is 18.5 Å². The molecule has 0 fully saturated rings. The second kappa shape index (κ2) is 4.82. The molecule has 90 valence electrons. The summed E-state index contributed by atoms with van der Waals surface area (Å²) in [4.78, 5) is 0. The van der Waals surface area contributed by atoms with E-state index in [9.17, 15) is 8.42 Å². The van der Waals surface area contributed by atoms with E-state index in [1.807, 2.05) is 25.1 Å². The topological polar surface area (TPSA) is 89.4 Å². The molecule has 0 saturated heterocycles. The third-order valence-electron chi connectivity index (χ3n) is 2.38. The number of rotatable bonds is 4. The minimum absolute atomic E-state index is 0.266. The second-order valence-corrected chi connectivity index (χ2v) is 5.75. The highest BCUT2D eigenvalue weighted by atomic mass is 32.2. The van der Waals surface area contributed by atoms with Crippen LogP contribution < -0.4 is 11.6 Å². The Kier molecular flexibility index (Phi) is 3.90. The maximum atomic E-state index is 11.1. The monoisotopic (exact) mass is 243 g/mol. The Morgan fingerprint density at radius 1 is 1.38 bits per heavy atom. The standard InChI is InChI=1S/C10H17N3O2S/c1-8-7-9(3-4-10(8)11)5-6-13(12)16(2,14)15/h3-4,7H,5-6,11-12H2,1-2H3. The maximum Gasteiger partial charge on any atom is 0.223 e. The maximum absolute atomic E-state index is 11.1. The van der Waals surface area contributed by atoms with Gasteiger partial charge in [-0.3, -0.25) is 5.84 Å². The van der Waals surface area contributed by atoms with Gasteiger partial charge in [-0.2, -0.15) is 0 Å². The van der Waals surface area contributed by atoms with Crippen LogP contribution in [0.2, 0.25) is 0 Å². The van der Waals surface area contributed by atoms with Crippen molar-refractivity contribution in [3.05, 3.63) is 29.3 Å². The van der Waals surface area contributed by atoms with Crippen LogP contribution in [0.15, 0.2) is 18.2 Å². The van der Waals surface area contributed by atoms with Gasteiger partial charge in [-0.25, -0.2) is 8.42 Å².